The first-order valence-electron chi connectivity index (χ1n) is 5.69. The van der Waals surface area contributed by atoms with Crippen molar-refractivity contribution in [2.75, 3.05) is 13.1 Å². The molecule has 16 heavy (non-hydrogen) atoms. The van der Waals surface area contributed by atoms with E-state index in [4.69, 9.17) is 4.74 Å². The Balaban J connectivity index is 2.46. The Hall–Kier alpha value is -1.28. The number of nitrogens with one attached hydrogen (secondary N) is 1. The molecule has 0 aliphatic carbocycles. The van der Waals surface area contributed by atoms with Gasteiger partial charge in [-0.15, -0.1) is 6.58 Å². The molecule has 0 aromatic heterocycles. The summed E-state index contributed by atoms with van der Waals surface area (Å²) in [6.45, 7) is 11.6. The molecule has 1 aromatic rings. The second kappa shape index (κ2) is 6.33. The third-order valence-corrected chi connectivity index (χ3v) is 2.54. The van der Waals surface area contributed by atoms with Crippen LogP contribution >= 0.6 is 0 Å². The first kappa shape index (κ1) is 12.8. The maximum absolute atomic E-state index is 5.80. The minimum Gasteiger partial charge on any atom is -0.489 e. The fraction of sp³-hybridized carbons (Fsp3) is 0.429. The van der Waals surface area contributed by atoms with Crippen LogP contribution in [-0.2, 0) is 0 Å². The van der Waals surface area contributed by atoms with Crippen molar-refractivity contribution in [3.05, 3.63) is 42.0 Å². The Labute approximate surface area is 98.3 Å². The molecule has 2 heteroatoms. The fourth-order valence-electron chi connectivity index (χ4n) is 1.45. The molecule has 0 amide bonds. The molecular formula is C14H21NO. The van der Waals surface area contributed by atoms with E-state index in [9.17, 15) is 0 Å². The lowest BCUT2D eigenvalue weighted by atomic mass is 10.1. The fourth-order valence-corrected chi connectivity index (χ4v) is 1.45. The van der Waals surface area contributed by atoms with Gasteiger partial charge in [-0.3, -0.25) is 0 Å². The lowest BCUT2D eigenvalue weighted by Gasteiger charge is -2.15. The molecule has 88 valence electrons. The molecule has 0 aliphatic heterocycles. The van der Waals surface area contributed by atoms with Gasteiger partial charge in [0.05, 0.1) is 0 Å². The quantitative estimate of drug-likeness (QED) is 0.587. The van der Waals surface area contributed by atoms with E-state index in [1.807, 2.05) is 12.1 Å². The average Bonchev–Trinajstić information content (AvgIpc) is 2.24. The number of aryl methyl sites for hydroxylation is 2. The lowest BCUT2D eigenvalue weighted by Crippen LogP contribution is -2.28. The Morgan fingerprint density at radius 1 is 1.38 bits per heavy atom. The molecule has 1 N–H and O–H groups in total. The van der Waals surface area contributed by atoms with Crippen molar-refractivity contribution in [3.63, 3.8) is 0 Å². The van der Waals surface area contributed by atoms with Crippen molar-refractivity contribution in [3.8, 4) is 5.75 Å². The van der Waals surface area contributed by atoms with E-state index in [2.05, 4.69) is 44.8 Å². The molecule has 1 atom stereocenters. The van der Waals surface area contributed by atoms with E-state index in [0.717, 1.165) is 18.8 Å². The maximum atomic E-state index is 5.80. The Morgan fingerprint density at radius 2 is 2.12 bits per heavy atom. The van der Waals surface area contributed by atoms with Crippen LogP contribution in [0.2, 0.25) is 0 Å². The molecule has 0 aliphatic rings. The molecular weight excluding hydrogens is 198 g/mol. The van der Waals surface area contributed by atoms with Crippen LogP contribution in [0.15, 0.2) is 30.9 Å². The number of benzene rings is 1. The van der Waals surface area contributed by atoms with Crippen molar-refractivity contribution >= 4 is 0 Å². The van der Waals surface area contributed by atoms with Crippen LogP contribution < -0.4 is 10.1 Å². The van der Waals surface area contributed by atoms with Gasteiger partial charge in [0.2, 0.25) is 0 Å². The highest BCUT2D eigenvalue weighted by molar-refractivity contribution is 5.33. The standard InChI is InChI=1S/C14H21NO/c1-5-8-15-10-13(4)16-14-7-6-11(2)12(3)9-14/h5-7,9,13,15H,1,8,10H2,2-4H3. The van der Waals surface area contributed by atoms with Gasteiger partial charge >= 0.3 is 0 Å². The van der Waals surface area contributed by atoms with Crippen molar-refractivity contribution in [2.24, 2.45) is 0 Å². The highest BCUT2D eigenvalue weighted by atomic mass is 16.5. The summed E-state index contributed by atoms with van der Waals surface area (Å²) in [4.78, 5) is 0. The largest absolute Gasteiger partial charge is 0.489 e. The smallest absolute Gasteiger partial charge is 0.120 e. The summed E-state index contributed by atoms with van der Waals surface area (Å²) < 4.78 is 5.80. The van der Waals surface area contributed by atoms with Crippen LogP contribution in [0.1, 0.15) is 18.1 Å². The molecule has 1 rings (SSSR count). The summed E-state index contributed by atoms with van der Waals surface area (Å²) in [7, 11) is 0. The molecule has 0 saturated heterocycles. The van der Waals surface area contributed by atoms with Gasteiger partial charge in [0.15, 0.2) is 0 Å². The topological polar surface area (TPSA) is 21.3 Å². The van der Waals surface area contributed by atoms with Gasteiger partial charge in [0.25, 0.3) is 0 Å². The first-order chi connectivity index (χ1) is 7.63. The SMILES string of the molecule is C=CCNCC(C)Oc1ccc(C)c(C)c1. The number of hydrogen-bond donors (Lipinski definition) is 1. The van der Waals surface area contributed by atoms with Gasteiger partial charge < -0.3 is 10.1 Å². The zero-order valence-electron chi connectivity index (χ0n) is 10.4. The van der Waals surface area contributed by atoms with E-state index in [-0.39, 0.29) is 6.10 Å². The number of ether oxygens (including phenoxy) is 1. The summed E-state index contributed by atoms with van der Waals surface area (Å²) in [5.41, 5.74) is 2.56. The Bertz CT molecular complexity index is 347. The molecule has 0 bridgehead atoms. The van der Waals surface area contributed by atoms with E-state index in [1.165, 1.54) is 11.1 Å². The molecule has 0 saturated carbocycles. The van der Waals surface area contributed by atoms with Crippen LogP contribution in [-0.4, -0.2) is 19.2 Å². The first-order valence-corrected chi connectivity index (χ1v) is 5.69. The van der Waals surface area contributed by atoms with Crippen LogP contribution in [0.4, 0.5) is 0 Å². The van der Waals surface area contributed by atoms with Gasteiger partial charge in [-0.2, -0.15) is 0 Å². The minimum absolute atomic E-state index is 0.169. The van der Waals surface area contributed by atoms with Gasteiger partial charge in [-0.25, -0.2) is 0 Å². The van der Waals surface area contributed by atoms with Gasteiger partial charge in [-0.05, 0) is 44.0 Å². The van der Waals surface area contributed by atoms with Crippen LogP contribution in [0.5, 0.6) is 5.75 Å². The van der Waals surface area contributed by atoms with Crippen LogP contribution in [0, 0.1) is 13.8 Å². The predicted octanol–water partition coefficient (Wildman–Crippen LogP) is 2.85. The maximum Gasteiger partial charge on any atom is 0.120 e. The van der Waals surface area contributed by atoms with E-state index < -0.39 is 0 Å². The highest BCUT2D eigenvalue weighted by Gasteiger charge is 2.03. The predicted molar refractivity (Wildman–Crippen MR) is 69.1 cm³/mol. The summed E-state index contributed by atoms with van der Waals surface area (Å²) in [6.07, 6.45) is 2.02. The van der Waals surface area contributed by atoms with Gasteiger partial charge in [0.1, 0.15) is 11.9 Å². The van der Waals surface area contributed by atoms with E-state index >= 15 is 0 Å². The average molecular weight is 219 g/mol. The molecule has 0 heterocycles. The zero-order valence-corrected chi connectivity index (χ0v) is 10.4. The Morgan fingerprint density at radius 3 is 2.75 bits per heavy atom. The summed E-state index contributed by atoms with van der Waals surface area (Å²) >= 11 is 0. The van der Waals surface area contributed by atoms with Crippen molar-refractivity contribution in [2.45, 2.75) is 26.9 Å². The second-order valence-corrected chi connectivity index (χ2v) is 4.12. The Kier molecular flexibility index (Phi) is 5.06. The van der Waals surface area contributed by atoms with Gasteiger partial charge in [-0.1, -0.05) is 12.1 Å². The third-order valence-electron chi connectivity index (χ3n) is 2.54. The van der Waals surface area contributed by atoms with E-state index in [0.29, 0.717) is 0 Å². The molecule has 1 aromatic carbocycles. The number of rotatable bonds is 6. The van der Waals surface area contributed by atoms with Crippen LogP contribution in [0.3, 0.4) is 0 Å². The summed E-state index contributed by atoms with van der Waals surface area (Å²) in [5, 5.41) is 3.24. The summed E-state index contributed by atoms with van der Waals surface area (Å²) in [6, 6.07) is 6.19. The number of hydrogen-bond acceptors (Lipinski definition) is 2. The molecule has 0 spiro atoms. The zero-order chi connectivity index (χ0) is 12.0. The molecule has 0 fully saturated rings. The third kappa shape index (κ3) is 4.07. The van der Waals surface area contributed by atoms with E-state index in [1.54, 1.807) is 0 Å². The molecule has 0 radical (unpaired) electrons. The van der Waals surface area contributed by atoms with Crippen molar-refractivity contribution < 1.29 is 4.74 Å². The van der Waals surface area contributed by atoms with Gasteiger partial charge in [0, 0.05) is 13.1 Å². The minimum atomic E-state index is 0.169. The monoisotopic (exact) mass is 219 g/mol. The van der Waals surface area contributed by atoms with Crippen LogP contribution in [0.25, 0.3) is 0 Å². The van der Waals surface area contributed by atoms with Crippen molar-refractivity contribution in [1.29, 1.82) is 0 Å². The summed E-state index contributed by atoms with van der Waals surface area (Å²) in [5.74, 6) is 0.941. The molecule has 2 nitrogen and oxygen atoms in total. The highest BCUT2D eigenvalue weighted by Crippen LogP contribution is 2.17. The molecule has 1 unspecified atom stereocenters. The van der Waals surface area contributed by atoms with Crippen molar-refractivity contribution in [1.82, 2.24) is 5.32 Å². The lowest BCUT2D eigenvalue weighted by molar-refractivity contribution is 0.219. The normalized spacial score (nSPS) is 12.2. The second-order valence-electron chi connectivity index (χ2n) is 4.12.